The van der Waals surface area contributed by atoms with Gasteiger partial charge in [0.2, 0.25) is 0 Å². The van der Waals surface area contributed by atoms with E-state index in [9.17, 15) is 8.42 Å². The second-order valence-electron chi connectivity index (χ2n) is 4.21. The standard InChI is InChI=1S/C13H9N5O2S/c14-6-9-3-1-2-4-12(9)21(19,20)18-10-5-11-13(15-7-10)17-8-16-11/h1-5,7-8,18H,(H,15,16,17). The SMILES string of the molecule is N#Cc1ccccc1S(=O)(=O)Nc1cnc2nc[nH]c2c1. The minimum absolute atomic E-state index is 0.0720. The molecule has 0 atom stereocenters. The molecule has 0 unspecified atom stereocenters. The first-order chi connectivity index (χ1) is 10.1. The summed E-state index contributed by atoms with van der Waals surface area (Å²) in [6.07, 6.45) is 2.84. The van der Waals surface area contributed by atoms with Crippen molar-refractivity contribution < 1.29 is 8.42 Å². The van der Waals surface area contributed by atoms with E-state index in [1.807, 2.05) is 6.07 Å². The molecule has 8 heteroatoms. The van der Waals surface area contributed by atoms with Crippen molar-refractivity contribution in [2.75, 3.05) is 4.72 Å². The highest BCUT2D eigenvalue weighted by Gasteiger charge is 2.18. The first-order valence-corrected chi connectivity index (χ1v) is 7.39. The largest absolute Gasteiger partial charge is 0.343 e. The normalized spacial score (nSPS) is 11.2. The number of hydrogen-bond donors (Lipinski definition) is 2. The molecule has 0 fully saturated rings. The van der Waals surface area contributed by atoms with Crippen molar-refractivity contribution in [1.82, 2.24) is 15.0 Å². The number of aromatic amines is 1. The second-order valence-corrected chi connectivity index (χ2v) is 5.86. The summed E-state index contributed by atoms with van der Waals surface area (Å²) in [6.45, 7) is 0. The van der Waals surface area contributed by atoms with Crippen LogP contribution >= 0.6 is 0 Å². The summed E-state index contributed by atoms with van der Waals surface area (Å²) >= 11 is 0. The summed E-state index contributed by atoms with van der Waals surface area (Å²) in [5.74, 6) is 0. The molecule has 3 rings (SSSR count). The van der Waals surface area contributed by atoms with E-state index in [1.54, 1.807) is 18.2 Å². The van der Waals surface area contributed by atoms with Gasteiger partial charge in [0, 0.05) is 0 Å². The van der Waals surface area contributed by atoms with Crippen LogP contribution in [0.4, 0.5) is 5.69 Å². The number of aromatic nitrogens is 3. The van der Waals surface area contributed by atoms with Crippen LogP contribution in [0.1, 0.15) is 5.56 Å². The molecule has 2 aromatic heterocycles. The highest BCUT2D eigenvalue weighted by Crippen LogP contribution is 2.20. The number of imidazole rings is 1. The molecular weight excluding hydrogens is 290 g/mol. The Hall–Kier alpha value is -2.92. The first-order valence-electron chi connectivity index (χ1n) is 5.91. The zero-order valence-electron chi connectivity index (χ0n) is 10.6. The van der Waals surface area contributed by atoms with E-state index in [2.05, 4.69) is 19.7 Å². The topological polar surface area (TPSA) is 112 Å². The van der Waals surface area contributed by atoms with E-state index in [4.69, 9.17) is 5.26 Å². The van der Waals surface area contributed by atoms with Crippen molar-refractivity contribution in [3.05, 3.63) is 48.4 Å². The predicted octanol–water partition coefficient (Wildman–Crippen LogP) is 1.63. The Morgan fingerprint density at radius 1 is 1.24 bits per heavy atom. The smallest absolute Gasteiger partial charge is 0.263 e. The van der Waals surface area contributed by atoms with Crippen LogP contribution in [0.5, 0.6) is 0 Å². The minimum atomic E-state index is -3.85. The molecule has 104 valence electrons. The molecule has 7 nitrogen and oxygen atoms in total. The Labute approximate surface area is 120 Å². The lowest BCUT2D eigenvalue weighted by molar-refractivity contribution is 0.601. The van der Waals surface area contributed by atoms with Gasteiger partial charge in [-0.05, 0) is 18.2 Å². The third-order valence-corrected chi connectivity index (χ3v) is 4.26. The molecule has 0 saturated heterocycles. The lowest BCUT2D eigenvalue weighted by Crippen LogP contribution is -2.14. The summed E-state index contributed by atoms with van der Waals surface area (Å²) in [5.41, 5.74) is 1.49. The fourth-order valence-corrected chi connectivity index (χ4v) is 3.08. The Balaban J connectivity index is 2.01. The molecule has 0 aliphatic heterocycles. The first kappa shape index (κ1) is 13.1. The predicted molar refractivity (Wildman–Crippen MR) is 75.9 cm³/mol. The number of hydrogen-bond acceptors (Lipinski definition) is 5. The molecule has 0 radical (unpaired) electrons. The van der Waals surface area contributed by atoms with Crippen LogP contribution in [-0.4, -0.2) is 23.4 Å². The molecule has 21 heavy (non-hydrogen) atoms. The molecule has 0 amide bonds. The molecule has 0 saturated carbocycles. The number of nitrogens with zero attached hydrogens (tertiary/aromatic N) is 3. The van der Waals surface area contributed by atoms with Crippen LogP contribution in [0.25, 0.3) is 11.2 Å². The summed E-state index contributed by atoms with van der Waals surface area (Å²) in [7, 11) is -3.85. The van der Waals surface area contributed by atoms with Crippen LogP contribution < -0.4 is 4.72 Å². The Morgan fingerprint density at radius 2 is 2.05 bits per heavy atom. The average molecular weight is 299 g/mol. The maximum atomic E-state index is 12.3. The van der Waals surface area contributed by atoms with Gasteiger partial charge >= 0.3 is 0 Å². The molecule has 2 heterocycles. The fraction of sp³-hybridized carbons (Fsp3) is 0. The van der Waals surface area contributed by atoms with Crippen molar-refractivity contribution in [3.63, 3.8) is 0 Å². The molecular formula is C13H9N5O2S. The van der Waals surface area contributed by atoms with Gasteiger partial charge in [-0.15, -0.1) is 0 Å². The van der Waals surface area contributed by atoms with Crippen molar-refractivity contribution >= 4 is 26.9 Å². The second kappa shape index (κ2) is 4.88. The maximum Gasteiger partial charge on any atom is 0.263 e. The monoisotopic (exact) mass is 299 g/mol. The molecule has 2 N–H and O–H groups in total. The lowest BCUT2D eigenvalue weighted by atomic mass is 10.2. The molecule has 0 bridgehead atoms. The highest BCUT2D eigenvalue weighted by atomic mass is 32.2. The zero-order chi connectivity index (χ0) is 14.9. The number of H-pyrrole nitrogens is 1. The van der Waals surface area contributed by atoms with Crippen molar-refractivity contribution in [1.29, 1.82) is 5.26 Å². The third-order valence-electron chi connectivity index (χ3n) is 2.82. The Morgan fingerprint density at radius 3 is 2.86 bits per heavy atom. The van der Waals surface area contributed by atoms with E-state index in [-0.39, 0.29) is 10.5 Å². The molecule has 1 aromatic carbocycles. The van der Waals surface area contributed by atoms with E-state index < -0.39 is 10.0 Å². The summed E-state index contributed by atoms with van der Waals surface area (Å²) < 4.78 is 27.1. The summed E-state index contributed by atoms with van der Waals surface area (Å²) in [4.78, 5) is 10.8. The molecule has 0 spiro atoms. The van der Waals surface area contributed by atoms with Crippen LogP contribution in [-0.2, 0) is 10.0 Å². The van der Waals surface area contributed by atoms with Crippen LogP contribution in [0.3, 0.4) is 0 Å². The van der Waals surface area contributed by atoms with E-state index in [0.29, 0.717) is 16.9 Å². The van der Waals surface area contributed by atoms with Crippen molar-refractivity contribution in [2.24, 2.45) is 0 Å². The van der Waals surface area contributed by atoms with Gasteiger partial charge in [-0.2, -0.15) is 5.26 Å². The number of nitriles is 1. The molecule has 0 aliphatic rings. The Kier molecular flexibility index (Phi) is 3.04. The van der Waals surface area contributed by atoms with Gasteiger partial charge in [0.1, 0.15) is 11.0 Å². The van der Waals surface area contributed by atoms with Crippen LogP contribution in [0.2, 0.25) is 0 Å². The number of benzene rings is 1. The number of pyridine rings is 1. The van der Waals surface area contributed by atoms with Gasteiger partial charge in [0.15, 0.2) is 5.65 Å². The van der Waals surface area contributed by atoms with E-state index in [1.165, 1.54) is 24.7 Å². The van der Waals surface area contributed by atoms with E-state index >= 15 is 0 Å². The van der Waals surface area contributed by atoms with Crippen LogP contribution in [0, 0.1) is 11.3 Å². The molecule has 3 aromatic rings. The fourth-order valence-electron chi connectivity index (χ4n) is 1.89. The number of fused-ring (bicyclic) bond motifs is 1. The Bertz CT molecular complexity index is 956. The quantitative estimate of drug-likeness (QED) is 0.763. The van der Waals surface area contributed by atoms with Gasteiger partial charge in [-0.25, -0.2) is 18.4 Å². The zero-order valence-corrected chi connectivity index (χ0v) is 11.4. The maximum absolute atomic E-state index is 12.3. The van der Waals surface area contributed by atoms with Gasteiger partial charge in [0.05, 0.1) is 29.3 Å². The number of sulfonamides is 1. The van der Waals surface area contributed by atoms with Gasteiger partial charge in [-0.3, -0.25) is 4.72 Å². The number of rotatable bonds is 3. The number of nitrogens with one attached hydrogen (secondary N) is 2. The van der Waals surface area contributed by atoms with E-state index in [0.717, 1.165) is 0 Å². The van der Waals surface area contributed by atoms with Crippen LogP contribution in [0.15, 0.2) is 47.8 Å². The number of anilines is 1. The summed E-state index contributed by atoms with van der Waals surface area (Å²) in [5, 5.41) is 8.99. The minimum Gasteiger partial charge on any atom is -0.343 e. The highest BCUT2D eigenvalue weighted by molar-refractivity contribution is 7.92. The molecule has 0 aliphatic carbocycles. The van der Waals surface area contributed by atoms with Crippen molar-refractivity contribution in [2.45, 2.75) is 4.90 Å². The average Bonchev–Trinajstić information content (AvgIpc) is 2.94. The lowest BCUT2D eigenvalue weighted by Gasteiger charge is -2.08. The van der Waals surface area contributed by atoms with Gasteiger partial charge < -0.3 is 4.98 Å². The third kappa shape index (κ3) is 2.42. The van der Waals surface area contributed by atoms with Gasteiger partial charge in [0.25, 0.3) is 10.0 Å². The van der Waals surface area contributed by atoms with Gasteiger partial charge in [-0.1, -0.05) is 12.1 Å². The summed E-state index contributed by atoms with van der Waals surface area (Å²) in [6, 6.07) is 9.44. The van der Waals surface area contributed by atoms with Crippen molar-refractivity contribution in [3.8, 4) is 6.07 Å².